The van der Waals surface area contributed by atoms with E-state index in [1.807, 2.05) is 27.9 Å². The number of hydrogen-bond donors (Lipinski definition) is 3. The number of carbonyl (C=O) groups is 1. The molecule has 2 amide bonds. The Bertz CT molecular complexity index is 419. The van der Waals surface area contributed by atoms with E-state index in [4.69, 9.17) is 5.11 Å². The van der Waals surface area contributed by atoms with E-state index in [-0.39, 0.29) is 24.6 Å². The second kappa shape index (κ2) is 7.86. The fraction of sp³-hybridized carbons (Fsp3) is 0.692. The molecule has 114 valence electrons. The SMILES string of the molecule is CC(CO)C(C)NC(=O)Nc1cnn(CCN(C)C)c1. The zero-order valence-corrected chi connectivity index (χ0v) is 12.6. The van der Waals surface area contributed by atoms with Crippen molar-refractivity contribution in [3.05, 3.63) is 12.4 Å². The predicted molar refractivity (Wildman–Crippen MR) is 78.6 cm³/mol. The summed E-state index contributed by atoms with van der Waals surface area (Å²) in [4.78, 5) is 13.8. The van der Waals surface area contributed by atoms with Crippen molar-refractivity contribution in [1.82, 2.24) is 20.0 Å². The first kappa shape index (κ1) is 16.5. The smallest absolute Gasteiger partial charge is 0.319 e. The predicted octanol–water partition coefficient (Wildman–Crippen LogP) is 0.583. The number of nitrogens with one attached hydrogen (secondary N) is 2. The van der Waals surface area contributed by atoms with Gasteiger partial charge in [0.2, 0.25) is 0 Å². The molecule has 1 aromatic heterocycles. The van der Waals surface area contributed by atoms with Gasteiger partial charge in [0, 0.05) is 25.4 Å². The van der Waals surface area contributed by atoms with Crippen LogP contribution in [0.25, 0.3) is 0 Å². The van der Waals surface area contributed by atoms with Crippen LogP contribution in [0.15, 0.2) is 12.4 Å². The van der Waals surface area contributed by atoms with Crippen molar-refractivity contribution in [3.63, 3.8) is 0 Å². The molecule has 0 bridgehead atoms. The summed E-state index contributed by atoms with van der Waals surface area (Å²) < 4.78 is 1.79. The average molecular weight is 283 g/mol. The zero-order valence-electron chi connectivity index (χ0n) is 12.6. The number of carbonyl (C=O) groups excluding carboxylic acids is 1. The summed E-state index contributed by atoms with van der Waals surface area (Å²) in [5, 5.41) is 18.7. The highest BCUT2D eigenvalue weighted by molar-refractivity contribution is 5.89. The lowest BCUT2D eigenvalue weighted by atomic mass is 10.1. The second-order valence-corrected chi connectivity index (χ2v) is 5.34. The summed E-state index contributed by atoms with van der Waals surface area (Å²) in [5.41, 5.74) is 0.658. The van der Waals surface area contributed by atoms with E-state index in [0.29, 0.717) is 5.69 Å². The van der Waals surface area contributed by atoms with Crippen LogP contribution >= 0.6 is 0 Å². The Balaban J connectivity index is 2.42. The first-order valence-corrected chi connectivity index (χ1v) is 6.78. The normalized spacial score (nSPS) is 14.1. The lowest BCUT2D eigenvalue weighted by Crippen LogP contribution is -2.40. The molecule has 3 N–H and O–H groups in total. The highest BCUT2D eigenvalue weighted by Gasteiger charge is 2.14. The maximum absolute atomic E-state index is 11.8. The third-order valence-corrected chi connectivity index (χ3v) is 3.17. The van der Waals surface area contributed by atoms with E-state index < -0.39 is 0 Å². The Kier molecular flexibility index (Phi) is 6.47. The van der Waals surface area contributed by atoms with Crippen LogP contribution in [0.1, 0.15) is 13.8 Å². The van der Waals surface area contributed by atoms with Crippen molar-refractivity contribution in [1.29, 1.82) is 0 Å². The lowest BCUT2D eigenvalue weighted by molar-refractivity contribution is 0.204. The van der Waals surface area contributed by atoms with Gasteiger partial charge < -0.3 is 20.6 Å². The molecule has 0 saturated carbocycles. The highest BCUT2D eigenvalue weighted by Crippen LogP contribution is 2.06. The summed E-state index contributed by atoms with van der Waals surface area (Å²) in [7, 11) is 4.00. The van der Waals surface area contributed by atoms with E-state index in [9.17, 15) is 4.79 Å². The van der Waals surface area contributed by atoms with Gasteiger partial charge >= 0.3 is 6.03 Å². The molecule has 0 aliphatic heterocycles. The number of rotatable bonds is 7. The molecule has 20 heavy (non-hydrogen) atoms. The van der Waals surface area contributed by atoms with Gasteiger partial charge in [-0.15, -0.1) is 0 Å². The number of amides is 2. The Hall–Kier alpha value is -1.60. The number of likely N-dealkylation sites (N-methyl/N-ethyl adjacent to an activating group) is 1. The van der Waals surface area contributed by atoms with Crippen LogP contribution in [0.3, 0.4) is 0 Å². The van der Waals surface area contributed by atoms with Gasteiger partial charge in [0.15, 0.2) is 0 Å². The topological polar surface area (TPSA) is 82.4 Å². The van der Waals surface area contributed by atoms with Crippen LogP contribution < -0.4 is 10.6 Å². The van der Waals surface area contributed by atoms with Crippen LogP contribution in [-0.4, -0.2) is 59.1 Å². The van der Waals surface area contributed by atoms with E-state index >= 15 is 0 Å². The van der Waals surface area contributed by atoms with Crippen molar-refractivity contribution < 1.29 is 9.90 Å². The first-order chi connectivity index (χ1) is 9.42. The Morgan fingerprint density at radius 1 is 1.50 bits per heavy atom. The summed E-state index contributed by atoms with van der Waals surface area (Å²) in [6, 6.07) is -0.381. The lowest BCUT2D eigenvalue weighted by Gasteiger charge is -2.19. The number of hydrogen-bond acceptors (Lipinski definition) is 4. The molecule has 0 aliphatic carbocycles. The van der Waals surface area contributed by atoms with Gasteiger partial charge in [0.1, 0.15) is 0 Å². The molecular weight excluding hydrogens is 258 g/mol. The van der Waals surface area contributed by atoms with Crippen LogP contribution in [0.4, 0.5) is 10.5 Å². The second-order valence-electron chi connectivity index (χ2n) is 5.34. The van der Waals surface area contributed by atoms with E-state index in [1.54, 1.807) is 17.1 Å². The highest BCUT2D eigenvalue weighted by atomic mass is 16.3. The molecule has 0 spiro atoms. The molecule has 1 heterocycles. The fourth-order valence-electron chi connectivity index (χ4n) is 1.53. The third-order valence-electron chi connectivity index (χ3n) is 3.17. The van der Waals surface area contributed by atoms with Gasteiger partial charge in [-0.3, -0.25) is 4.68 Å². The molecule has 0 radical (unpaired) electrons. The average Bonchev–Trinajstić information content (AvgIpc) is 2.82. The van der Waals surface area contributed by atoms with E-state index in [2.05, 4.69) is 20.6 Å². The fourth-order valence-corrected chi connectivity index (χ4v) is 1.53. The summed E-state index contributed by atoms with van der Waals surface area (Å²) >= 11 is 0. The summed E-state index contributed by atoms with van der Waals surface area (Å²) in [5.74, 6) is 0.0172. The van der Waals surface area contributed by atoms with Crippen LogP contribution in [0.2, 0.25) is 0 Å². The number of aliphatic hydroxyl groups is 1. The minimum Gasteiger partial charge on any atom is -0.396 e. The molecule has 1 rings (SSSR count). The minimum absolute atomic E-state index is 0.0172. The zero-order chi connectivity index (χ0) is 15.1. The number of urea groups is 1. The van der Waals surface area contributed by atoms with Crippen LogP contribution in [-0.2, 0) is 6.54 Å². The van der Waals surface area contributed by atoms with Gasteiger partial charge in [-0.1, -0.05) is 6.92 Å². The largest absolute Gasteiger partial charge is 0.396 e. The number of aromatic nitrogens is 2. The molecule has 2 atom stereocenters. The van der Waals surface area contributed by atoms with Gasteiger partial charge in [-0.25, -0.2) is 4.79 Å². The Morgan fingerprint density at radius 3 is 2.80 bits per heavy atom. The number of anilines is 1. The standard InChI is InChI=1S/C13H25N5O2/c1-10(9-19)11(2)15-13(20)16-12-7-14-18(8-12)6-5-17(3)4/h7-8,10-11,19H,5-6,9H2,1-4H3,(H2,15,16,20). The van der Waals surface area contributed by atoms with Crippen molar-refractivity contribution >= 4 is 11.7 Å². The summed E-state index contributed by atoms with van der Waals surface area (Å²) in [6.07, 6.45) is 3.42. The van der Waals surface area contributed by atoms with Gasteiger partial charge in [-0.2, -0.15) is 5.10 Å². The molecule has 7 nitrogen and oxygen atoms in total. The Labute approximate surface area is 120 Å². The van der Waals surface area contributed by atoms with E-state index in [1.165, 1.54) is 0 Å². The molecule has 0 fully saturated rings. The molecule has 7 heteroatoms. The van der Waals surface area contributed by atoms with Crippen molar-refractivity contribution in [2.24, 2.45) is 5.92 Å². The van der Waals surface area contributed by atoms with Gasteiger partial charge in [-0.05, 0) is 26.9 Å². The van der Waals surface area contributed by atoms with E-state index in [0.717, 1.165) is 13.1 Å². The maximum Gasteiger partial charge on any atom is 0.319 e. The molecular formula is C13H25N5O2. The van der Waals surface area contributed by atoms with Gasteiger partial charge in [0.25, 0.3) is 0 Å². The first-order valence-electron chi connectivity index (χ1n) is 6.78. The minimum atomic E-state index is -0.287. The van der Waals surface area contributed by atoms with Crippen LogP contribution in [0, 0.1) is 5.92 Å². The van der Waals surface area contributed by atoms with Crippen molar-refractivity contribution in [2.45, 2.75) is 26.4 Å². The molecule has 0 aliphatic rings. The monoisotopic (exact) mass is 283 g/mol. The maximum atomic E-state index is 11.8. The van der Waals surface area contributed by atoms with Crippen molar-refractivity contribution in [2.75, 3.05) is 32.6 Å². The van der Waals surface area contributed by atoms with Crippen LogP contribution in [0.5, 0.6) is 0 Å². The summed E-state index contributed by atoms with van der Waals surface area (Å²) in [6.45, 7) is 5.45. The third kappa shape index (κ3) is 5.58. The Morgan fingerprint density at radius 2 is 2.20 bits per heavy atom. The quantitative estimate of drug-likeness (QED) is 0.684. The number of nitrogens with zero attached hydrogens (tertiary/aromatic N) is 3. The molecule has 0 aromatic carbocycles. The van der Waals surface area contributed by atoms with Gasteiger partial charge in [0.05, 0.1) is 18.4 Å². The molecule has 0 saturated heterocycles. The molecule has 2 unspecified atom stereocenters. The van der Waals surface area contributed by atoms with Crippen molar-refractivity contribution in [3.8, 4) is 0 Å². The molecule has 1 aromatic rings. The number of aliphatic hydroxyl groups excluding tert-OH is 1.